The number of non-ortho nitro benzene ring substituents is 1. The van der Waals surface area contributed by atoms with Crippen LogP contribution in [0.1, 0.15) is 34.2 Å². The summed E-state index contributed by atoms with van der Waals surface area (Å²) in [6, 6.07) is 6.44. The van der Waals surface area contributed by atoms with Gasteiger partial charge in [0.05, 0.1) is 39.8 Å². The number of nitrogens with zero attached hydrogens (tertiary/aromatic N) is 4. The quantitative estimate of drug-likeness (QED) is 0.315. The van der Waals surface area contributed by atoms with Gasteiger partial charge in [-0.1, -0.05) is 4.52 Å². The van der Waals surface area contributed by atoms with Gasteiger partial charge in [-0.15, -0.1) is 4.52 Å². The number of esters is 1. The molecular formula is C17H15N4O4+. The number of ether oxygens (including phenoxy) is 1. The third kappa shape index (κ3) is 2.37. The Hall–Kier alpha value is -3.47. The second-order valence-corrected chi connectivity index (χ2v) is 5.57. The van der Waals surface area contributed by atoms with E-state index in [1.807, 2.05) is 0 Å². The van der Waals surface area contributed by atoms with Crippen molar-refractivity contribution in [2.75, 3.05) is 6.61 Å². The minimum atomic E-state index is -0.510. The second kappa shape index (κ2) is 5.87. The van der Waals surface area contributed by atoms with E-state index in [1.165, 1.54) is 12.1 Å². The molecule has 0 unspecified atom stereocenters. The normalized spacial score (nSPS) is 10.8. The molecule has 25 heavy (non-hydrogen) atoms. The lowest BCUT2D eigenvalue weighted by atomic mass is 10.1. The summed E-state index contributed by atoms with van der Waals surface area (Å²) in [6.07, 6.45) is 1.70. The largest absolute Gasteiger partial charge is 0.461 e. The first-order chi connectivity index (χ1) is 11.9. The lowest BCUT2D eigenvalue weighted by molar-refractivity contribution is -0.591. The summed E-state index contributed by atoms with van der Waals surface area (Å²) in [5.41, 5.74) is 2.23. The van der Waals surface area contributed by atoms with Crippen LogP contribution in [0.15, 0.2) is 24.4 Å². The fourth-order valence-corrected chi connectivity index (χ4v) is 3.01. The Morgan fingerprint density at radius 2 is 2.16 bits per heavy atom. The number of fused-ring (bicyclic) bond motifs is 3. The standard InChI is InChI=1S/C17H15N4O4/c1-4-25-17(22)16-10(2)9-19-15-7-12(21(23)24)5-6-13(15)14(8-18)11(3)20(16)19/h5-7,9H,4H2,1-3H3/q+1. The predicted octanol–water partition coefficient (Wildman–Crippen LogP) is 2.25. The van der Waals surface area contributed by atoms with Crippen molar-refractivity contribution in [2.45, 2.75) is 20.8 Å². The predicted molar refractivity (Wildman–Crippen MR) is 87.4 cm³/mol. The number of rotatable bonds is 3. The number of nitro groups is 1. The lowest BCUT2D eigenvalue weighted by Crippen LogP contribution is -2.33. The van der Waals surface area contributed by atoms with Crippen molar-refractivity contribution in [3.05, 3.63) is 57.0 Å². The van der Waals surface area contributed by atoms with Crippen LogP contribution < -0.4 is 4.52 Å². The summed E-state index contributed by atoms with van der Waals surface area (Å²) < 4.78 is 8.32. The van der Waals surface area contributed by atoms with Crippen molar-refractivity contribution in [3.8, 4) is 6.07 Å². The van der Waals surface area contributed by atoms with Gasteiger partial charge < -0.3 is 4.74 Å². The summed E-state index contributed by atoms with van der Waals surface area (Å²) in [6.45, 7) is 5.41. The number of benzene rings is 1. The van der Waals surface area contributed by atoms with E-state index in [0.29, 0.717) is 33.4 Å². The van der Waals surface area contributed by atoms with Gasteiger partial charge in [-0.3, -0.25) is 10.1 Å². The molecule has 0 fully saturated rings. The van der Waals surface area contributed by atoms with Crippen molar-refractivity contribution in [1.29, 1.82) is 5.26 Å². The summed E-state index contributed by atoms with van der Waals surface area (Å²) in [5.74, 6) is -0.510. The summed E-state index contributed by atoms with van der Waals surface area (Å²) >= 11 is 0. The van der Waals surface area contributed by atoms with Crippen molar-refractivity contribution in [1.82, 2.24) is 4.52 Å². The average Bonchev–Trinajstić information content (AvgIpc) is 2.93. The van der Waals surface area contributed by atoms with Crippen molar-refractivity contribution in [3.63, 3.8) is 0 Å². The van der Waals surface area contributed by atoms with Gasteiger partial charge in [0.25, 0.3) is 11.2 Å². The van der Waals surface area contributed by atoms with E-state index in [0.717, 1.165) is 0 Å². The molecule has 1 aromatic carbocycles. The number of carbonyl (C=O) groups is 1. The Morgan fingerprint density at radius 1 is 1.44 bits per heavy atom. The van der Waals surface area contributed by atoms with Crippen LogP contribution >= 0.6 is 0 Å². The van der Waals surface area contributed by atoms with Gasteiger partial charge in [0, 0.05) is 6.07 Å². The van der Waals surface area contributed by atoms with Crippen LogP contribution in [0.5, 0.6) is 0 Å². The molecule has 8 nitrogen and oxygen atoms in total. The lowest BCUT2D eigenvalue weighted by Gasteiger charge is -2.06. The molecule has 3 aromatic rings. The van der Waals surface area contributed by atoms with Crippen LogP contribution in [0.25, 0.3) is 10.9 Å². The van der Waals surface area contributed by atoms with Gasteiger partial charge >= 0.3 is 5.97 Å². The van der Waals surface area contributed by atoms with Crippen molar-refractivity contribution >= 4 is 22.6 Å². The Morgan fingerprint density at radius 3 is 2.76 bits per heavy atom. The third-order valence-corrected chi connectivity index (χ3v) is 4.09. The van der Waals surface area contributed by atoms with Gasteiger partial charge in [-0.05, 0) is 26.8 Å². The van der Waals surface area contributed by atoms with Gasteiger partial charge in [-0.25, -0.2) is 4.79 Å². The Balaban J connectivity index is 2.52. The summed E-state index contributed by atoms with van der Waals surface area (Å²) in [7, 11) is 0. The monoisotopic (exact) mass is 339 g/mol. The molecule has 0 bridgehead atoms. The molecule has 0 radical (unpaired) electrons. The summed E-state index contributed by atoms with van der Waals surface area (Å²) in [4.78, 5) is 23.0. The van der Waals surface area contributed by atoms with Gasteiger partial charge in [0.2, 0.25) is 6.20 Å². The number of carbonyl (C=O) groups excluding carboxylic acids is 1. The zero-order valence-electron chi connectivity index (χ0n) is 13.9. The number of nitro benzene ring substituents is 1. The molecule has 3 rings (SSSR count). The number of hydrogen-bond acceptors (Lipinski definition) is 5. The maximum absolute atomic E-state index is 12.4. The highest BCUT2D eigenvalue weighted by Gasteiger charge is 2.29. The third-order valence-electron chi connectivity index (χ3n) is 4.09. The zero-order valence-corrected chi connectivity index (χ0v) is 13.9. The smallest absolute Gasteiger partial charge is 0.361 e. The summed E-state index contributed by atoms with van der Waals surface area (Å²) in [5, 5.41) is 21.3. The number of aromatic nitrogens is 2. The van der Waals surface area contributed by atoms with E-state index in [-0.39, 0.29) is 12.3 Å². The van der Waals surface area contributed by atoms with E-state index < -0.39 is 10.9 Å². The molecule has 0 atom stereocenters. The van der Waals surface area contributed by atoms with Crippen LogP contribution in [-0.2, 0) is 4.74 Å². The van der Waals surface area contributed by atoms with Crippen LogP contribution in [0.2, 0.25) is 0 Å². The zero-order chi connectivity index (χ0) is 18.3. The average molecular weight is 339 g/mol. The van der Waals surface area contributed by atoms with Crippen LogP contribution in [0.3, 0.4) is 0 Å². The molecular weight excluding hydrogens is 324 g/mol. The molecule has 0 aliphatic heterocycles. The molecule has 2 heterocycles. The SMILES string of the molecule is CCOC(=O)c1c(C)c[n+]2c3cc([N+](=O)[O-])ccc3c(C#N)c(C)n12. The minimum Gasteiger partial charge on any atom is -0.461 e. The van der Waals surface area contributed by atoms with Gasteiger partial charge in [0.1, 0.15) is 6.07 Å². The van der Waals surface area contributed by atoms with Crippen molar-refractivity contribution < 1.29 is 19.0 Å². The van der Waals surface area contributed by atoms with Crippen LogP contribution in [0.4, 0.5) is 5.69 Å². The minimum absolute atomic E-state index is 0.0915. The molecule has 0 saturated heterocycles. The molecule has 0 aliphatic carbocycles. The molecule has 8 heteroatoms. The van der Waals surface area contributed by atoms with Gasteiger partial charge in [0.15, 0.2) is 5.69 Å². The Labute approximate surface area is 142 Å². The molecule has 0 amide bonds. The molecule has 2 aromatic heterocycles. The molecule has 126 valence electrons. The highest BCUT2D eigenvalue weighted by molar-refractivity contribution is 5.90. The first-order valence-electron chi connectivity index (χ1n) is 7.62. The Bertz CT molecular complexity index is 1090. The molecule has 0 spiro atoms. The van der Waals surface area contributed by atoms with Crippen molar-refractivity contribution in [2.24, 2.45) is 0 Å². The van der Waals surface area contributed by atoms with Crippen LogP contribution in [-0.4, -0.2) is 22.0 Å². The highest BCUT2D eigenvalue weighted by atomic mass is 16.6. The van der Waals surface area contributed by atoms with Crippen LogP contribution in [0, 0.1) is 35.3 Å². The van der Waals surface area contributed by atoms with E-state index >= 15 is 0 Å². The number of aryl methyl sites for hydroxylation is 2. The van der Waals surface area contributed by atoms with E-state index in [2.05, 4.69) is 6.07 Å². The first-order valence-corrected chi connectivity index (χ1v) is 7.62. The number of hydrogen-bond donors (Lipinski definition) is 0. The van der Waals surface area contributed by atoms with E-state index in [1.54, 1.807) is 42.1 Å². The maximum Gasteiger partial charge on any atom is 0.361 e. The van der Waals surface area contributed by atoms with Gasteiger partial charge in [-0.2, -0.15) is 5.26 Å². The molecule has 0 N–H and O–H groups in total. The fourth-order valence-electron chi connectivity index (χ4n) is 3.01. The topological polar surface area (TPSA) is 102 Å². The van der Waals surface area contributed by atoms with E-state index in [4.69, 9.17) is 4.74 Å². The second-order valence-electron chi connectivity index (χ2n) is 5.57. The fraction of sp³-hybridized carbons (Fsp3) is 0.235. The highest BCUT2D eigenvalue weighted by Crippen LogP contribution is 2.24. The maximum atomic E-state index is 12.4. The molecule has 0 aliphatic rings. The molecule has 0 saturated carbocycles. The Kier molecular flexibility index (Phi) is 3.85. The van der Waals surface area contributed by atoms with E-state index in [9.17, 15) is 20.2 Å². The number of nitriles is 1. The first kappa shape index (κ1) is 16.4.